The molecule has 0 N–H and O–H groups in total. The van der Waals surface area contributed by atoms with Gasteiger partial charge >= 0.3 is 5.69 Å². The fraction of sp³-hybridized carbons (Fsp3) is 0.611. The summed E-state index contributed by atoms with van der Waals surface area (Å²) < 4.78 is 3.27. The molecule has 1 aliphatic carbocycles. The molecule has 0 bridgehead atoms. The minimum absolute atomic E-state index is 0.0623. The molecule has 7 heteroatoms. The van der Waals surface area contributed by atoms with Crippen LogP contribution in [0.25, 0.3) is 15.9 Å². The average molecular weight is 357 g/mol. The van der Waals surface area contributed by atoms with Gasteiger partial charge in [-0.25, -0.2) is 18.9 Å². The van der Waals surface area contributed by atoms with Crippen molar-refractivity contribution in [2.24, 2.45) is 5.92 Å². The molecule has 0 unspecified atom stereocenters. The van der Waals surface area contributed by atoms with Crippen LogP contribution in [-0.4, -0.2) is 43.7 Å². The van der Waals surface area contributed by atoms with Crippen LogP contribution in [0, 0.1) is 5.92 Å². The maximum Gasteiger partial charge on any atom is 0.351 e. The number of fused-ring (bicyclic) bond motifs is 5. The van der Waals surface area contributed by atoms with E-state index in [9.17, 15) is 4.79 Å². The monoisotopic (exact) mass is 357 g/mol. The Hall–Kier alpha value is -1.73. The molecule has 5 rings (SSSR count). The highest BCUT2D eigenvalue weighted by atomic mass is 32.1. The van der Waals surface area contributed by atoms with E-state index in [2.05, 4.69) is 16.8 Å². The van der Waals surface area contributed by atoms with E-state index in [0.29, 0.717) is 6.54 Å². The summed E-state index contributed by atoms with van der Waals surface area (Å²) in [5.74, 6) is 0.733. The van der Waals surface area contributed by atoms with Gasteiger partial charge in [-0.2, -0.15) is 0 Å². The van der Waals surface area contributed by atoms with Crippen LogP contribution < -0.4 is 5.69 Å². The van der Waals surface area contributed by atoms with Crippen LogP contribution in [0.5, 0.6) is 0 Å². The number of aryl methyl sites for hydroxylation is 1. The molecule has 0 saturated carbocycles. The number of hydrogen-bond acceptors (Lipinski definition) is 5. The van der Waals surface area contributed by atoms with Gasteiger partial charge < -0.3 is 4.90 Å². The summed E-state index contributed by atoms with van der Waals surface area (Å²) >= 11 is 1.78. The van der Waals surface area contributed by atoms with Crippen molar-refractivity contribution in [2.75, 3.05) is 19.6 Å². The van der Waals surface area contributed by atoms with E-state index in [1.165, 1.54) is 29.7 Å². The normalized spacial score (nSPS) is 21.4. The van der Waals surface area contributed by atoms with Gasteiger partial charge in [-0.05, 0) is 56.7 Å². The minimum atomic E-state index is -0.0623. The lowest BCUT2D eigenvalue weighted by Gasteiger charge is -2.17. The first-order chi connectivity index (χ1) is 12.2. The second-order valence-corrected chi connectivity index (χ2v) is 8.61. The predicted octanol–water partition coefficient (Wildman–Crippen LogP) is 2.33. The lowest BCUT2D eigenvalue weighted by Crippen LogP contribution is -2.29. The molecule has 6 nitrogen and oxygen atoms in total. The van der Waals surface area contributed by atoms with E-state index in [-0.39, 0.29) is 5.69 Å². The number of hydrogen-bond donors (Lipinski definition) is 0. The molecule has 1 aliphatic heterocycles. The SMILES string of the molecule is C[C@@H]1CCc2c(sc3ncn4c(=O)n(CCN5CCCC5)nc4c23)C1. The molecule has 1 fully saturated rings. The Morgan fingerprint density at radius 1 is 1.28 bits per heavy atom. The van der Waals surface area contributed by atoms with E-state index in [0.717, 1.165) is 54.3 Å². The first-order valence-electron chi connectivity index (χ1n) is 9.31. The van der Waals surface area contributed by atoms with Crippen LogP contribution in [0.4, 0.5) is 0 Å². The van der Waals surface area contributed by atoms with Gasteiger partial charge in [0.1, 0.15) is 11.2 Å². The van der Waals surface area contributed by atoms with Gasteiger partial charge in [-0.15, -0.1) is 16.4 Å². The largest absolute Gasteiger partial charge is 0.351 e. The molecule has 0 spiro atoms. The molecule has 0 amide bonds. The molecule has 2 aliphatic rings. The molecule has 132 valence electrons. The smallest absolute Gasteiger partial charge is 0.301 e. The zero-order valence-corrected chi connectivity index (χ0v) is 15.4. The zero-order chi connectivity index (χ0) is 17.0. The van der Waals surface area contributed by atoms with Crippen molar-refractivity contribution in [2.45, 2.75) is 45.6 Å². The number of aromatic nitrogens is 4. The van der Waals surface area contributed by atoms with Gasteiger partial charge in [-0.3, -0.25) is 0 Å². The number of likely N-dealkylation sites (tertiary alicyclic amines) is 1. The fourth-order valence-corrected chi connectivity index (χ4v) is 5.60. The average Bonchev–Trinajstić information content (AvgIpc) is 3.30. The van der Waals surface area contributed by atoms with E-state index in [1.54, 1.807) is 26.7 Å². The van der Waals surface area contributed by atoms with Crippen LogP contribution in [0.15, 0.2) is 11.1 Å². The highest BCUT2D eigenvalue weighted by molar-refractivity contribution is 7.19. The summed E-state index contributed by atoms with van der Waals surface area (Å²) in [4.78, 5) is 22.2. The summed E-state index contributed by atoms with van der Waals surface area (Å²) in [6.45, 7) is 6.16. The van der Waals surface area contributed by atoms with Crippen molar-refractivity contribution in [3.8, 4) is 0 Å². The third-order valence-electron chi connectivity index (χ3n) is 5.70. The number of thiophene rings is 1. The van der Waals surface area contributed by atoms with Gasteiger partial charge in [0.05, 0.1) is 11.9 Å². The first-order valence-corrected chi connectivity index (χ1v) is 10.1. The number of rotatable bonds is 3. The Bertz CT molecular complexity index is 994. The topological polar surface area (TPSA) is 55.4 Å². The van der Waals surface area contributed by atoms with Crippen LogP contribution >= 0.6 is 11.3 Å². The van der Waals surface area contributed by atoms with Gasteiger partial charge in [-0.1, -0.05) is 6.92 Å². The molecule has 25 heavy (non-hydrogen) atoms. The summed E-state index contributed by atoms with van der Waals surface area (Å²) in [6, 6.07) is 0. The van der Waals surface area contributed by atoms with Gasteiger partial charge in [0, 0.05) is 11.4 Å². The van der Waals surface area contributed by atoms with Gasteiger partial charge in [0.2, 0.25) is 0 Å². The summed E-state index contributed by atoms with van der Waals surface area (Å²) in [7, 11) is 0. The Balaban J connectivity index is 1.58. The molecule has 0 aromatic carbocycles. The van der Waals surface area contributed by atoms with Gasteiger partial charge in [0.15, 0.2) is 5.65 Å². The predicted molar refractivity (Wildman–Crippen MR) is 99.5 cm³/mol. The molecule has 4 heterocycles. The third-order valence-corrected chi connectivity index (χ3v) is 6.87. The minimum Gasteiger partial charge on any atom is -0.301 e. The fourth-order valence-electron chi connectivity index (χ4n) is 4.25. The lowest BCUT2D eigenvalue weighted by molar-refractivity contribution is 0.313. The number of nitrogens with zero attached hydrogens (tertiary/aromatic N) is 5. The first kappa shape index (κ1) is 15.5. The van der Waals surface area contributed by atoms with E-state index in [1.807, 2.05) is 0 Å². The molecule has 0 radical (unpaired) electrons. The molecule has 3 aromatic heterocycles. The van der Waals surface area contributed by atoms with Crippen molar-refractivity contribution in [3.63, 3.8) is 0 Å². The van der Waals surface area contributed by atoms with Crippen LogP contribution in [0.2, 0.25) is 0 Å². The van der Waals surface area contributed by atoms with Crippen molar-refractivity contribution in [1.82, 2.24) is 24.1 Å². The zero-order valence-electron chi connectivity index (χ0n) is 14.6. The maximum absolute atomic E-state index is 12.7. The highest BCUT2D eigenvalue weighted by Crippen LogP contribution is 2.38. The Kier molecular flexibility index (Phi) is 3.67. The Morgan fingerprint density at radius 2 is 2.12 bits per heavy atom. The van der Waals surface area contributed by atoms with Crippen molar-refractivity contribution in [3.05, 3.63) is 27.3 Å². The standard InChI is InChI=1S/C18H23N5OS/c1-12-4-5-13-14(10-12)25-17-15(13)16-20-23(18(24)22(16)11-19-17)9-8-21-6-2-3-7-21/h11-12H,2-10H2,1H3/t12-/m1/s1. The van der Waals surface area contributed by atoms with Gasteiger partial charge in [0.25, 0.3) is 0 Å². The summed E-state index contributed by atoms with van der Waals surface area (Å²) in [6.07, 6.45) is 7.60. The third kappa shape index (κ3) is 2.52. The van der Waals surface area contributed by atoms with Crippen molar-refractivity contribution >= 4 is 27.2 Å². The molecule has 3 aromatic rings. The molecular formula is C18H23N5OS. The van der Waals surface area contributed by atoms with E-state index < -0.39 is 0 Å². The molecular weight excluding hydrogens is 334 g/mol. The van der Waals surface area contributed by atoms with Crippen LogP contribution in [0.1, 0.15) is 36.6 Å². The summed E-state index contributed by atoms with van der Waals surface area (Å²) in [5, 5.41) is 5.82. The van der Waals surface area contributed by atoms with E-state index in [4.69, 9.17) is 5.10 Å². The quantitative estimate of drug-likeness (QED) is 0.722. The van der Waals surface area contributed by atoms with Crippen LogP contribution in [-0.2, 0) is 19.4 Å². The van der Waals surface area contributed by atoms with Crippen LogP contribution in [0.3, 0.4) is 0 Å². The second-order valence-electron chi connectivity index (χ2n) is 7.52. The highest BCUT2D eigenvalue weighted by Gasteiger charge is 2.24. The lowest BCUT2D eigenvalue weighted by atomic mass is 9.89. The Labute approximate surface area is 150 Å². The van der Waals surface area contributed by atoms with Crippen molar-refractivity contribution < 1.29 is 0 Å². The Morgan fingerprint density at radius 3 is 2.96 bits per heavy atom. The summed E-state index contributed by atoms with van der Waals surface area (Å²) in [5.41, 5.74) is 2.11. The van der Waals surface area contributed by atoms with E-state index >= 15 is 0 Å². The maximum atomic E-state index is 12.7. The van der Waals surface area contributed by atoms with Crippen molar-refractivity contribution in [1.29, 1.82) is 0 Å². The second kappa shape index (κ2) is 5.92. The molecule has 1 atom stereocenters. The molecule has 1 saturated heterocycles.